The number of nitrogens with one attached hydrogen (secondary N) is 2. The van der Waals surface area contributed by atoms with Crippen molar-refractivity contribution in [2.45, 2.75) is 76.9 Å². The van der Waals surface area contributed by atoms with Gasteiger partial charge in [-0.3, -0.25) is 29.4 Å². The number of aromatic nitrogens is 2. The number of likely N-dealkylation sites (tertiary alicyclic amines) is 1. The van der Waals surface area contributed by atoms with Gasteiger partial charge in [0.15, 0.2) is 0 Å². The van der Waals surface area contributed by atoms with Gasteiger partial charge in [0.2, 0.25) is 12.3 Å². The molecule has 16 heteroatoms. The zero-order valence-electron chi connectivity index (χ0n) is 37.9. The number of nitrogens with two attached hydrogens (primary N) is 1. The van der Waals surface area contributed by atoms with E-state index in [0.717, 1.165) is 119 Å². The molecule has 4 aromatic rings. The summed E-state index contributed by atoms with van der Waals surface area (Å²) in [4.78, 5) is 73.0. The third kappa shape index (κ3) is 9.74. The molecule has 16 nitrogen and oxygen atoms in total. The fourth-order valence-corrected chi connectivity index (χ4v) is 10.7. The van der Waals surface area contributed by atoms with Gasteiger partial charge in [-0.2, -0.15) is 5.10 Å². The molecule has 3 fully saturated rings. The number of benzene rings is 3. The number of hydrogen-bond donors (Lipinski definition) is 3. The Hall–Kier alpha value is -6.42. The molecular formula is C50H62N10O6. The van der Waals surface area contributed by atoms with Gasteiger partial charge in [-0.15, -0.1) is 0 Å². The van der Waals surface area contributed by atoms with Gasteiger partial charge in [0.1, 0.15) is 28.6 Å². The molecule has 0 spiro atoms. The predicted molar refractivity (Wildman–Crippen MR) is 251 cm³/mol. The first-order valence-electron chi connectivity index (χ1n) is 23.8. The Morgan fingerprint density at radius 2 is 1.59 bits per heavy atom. The van der Waals surface area contributed by atoms with Crippen molar-refractivity contribution < 1.29 is 28.7 Å². The Labute approximate surface area is 386 Å². The molecule has 9 rings (SSSR count). The van der Waals surface area contributed by atoms with E-state index in [0.29, 0.717) is 67.1 Å². The molecule has 4 N–H and O–H groups in total. The molecule has 5 aliphatic rings. The van der Waals surface area contributed by atoms with Gasteiger partial charge in [-0.05, 0) is 130 Å². The summed E-state index contributed by atoms with van der Waals surface area (Å²) in [5.74, 6) is 2.23. The van der Waals surface area contributed by atoms with Gasteiger partial charge in [0.05, 0.1) is 6.04 Å². The van der Waals surface area contributed by atoms with Crippen LogP contribution in [0.15, 0.2) is 72.8 Å². The number of fused-ring (bicyclic) bond motifs is 2. The standard InChI is InChI=1S/C50H62N10O6/c1-34(7-14-44(62)53-33-61)59-32-38-31-39(10-13-42(38)49(59)64)56-23-17-35(18-24-56)16-22-55-27-29-58(30-28-55)50(65)57-25-19-36(20-26-57)43-15-21-52-48-45(47(51)63)46(54-60(43)48)37-8-11-41(12-9-37)66-40-5-3-2-4-6-40/h2-6,8-13,31,33-36,43,52H,7,14-30,32H2,1H3,(H2,51,63)(H,53,61,62). The molecule has 0 saturated carbocycles. The molecule has 66 heavy (non-hydrogen) atoms. The largest absolute Gasteiger partial charge is 0.457 e. The Balaban J connectivity index is 0.708. The molecule has 2 atom stereocenters. The van der Waals surface area contributed by atoms with E-state index in [1.807, 2.05) is 87.0 Å². The third-order valence-corrected chi connectivity index (χ3v) is 14.6. The molecule has 0 aliphatic carbocycles. The highest BCUT2D eigenvalue weighted by Crippen LogP contribution is 2.41. The monoisotopic (exact) mass is 898 g/mol. The molecule has 1 aromatic heterocycles. The van der Waals surface area contributed by atoms with E-state index in [1.165, 1.54) is 0 Å². The minimum Gasteiger partial charge on any atom is -0.457 e. The Morgan fingerprint density at radius 3 is 2.30 bits per heavy atom. The molecule has 3 saturated heterocycles. The van der Waals surface area contributed by atoms with Crippen molar-refractivity contribution in [3.8, 4) is 22.8 Å². The van der Waals surface area contributed by atoms with Crippen LogP contribution in [0.25, 0.3) is 11.3 Å². The summed E-state index contributed by atoms with van der Waals surface area (Å²) in [6.07, 6.45) is 7.12. The van der Waals surface area contributed by atoms with Crippen LogP contribution in [0.3, 0.4) is 0 Å². The SMILES string of the molecule is CC(CCC(=O)NC=O)N1Cc2cc(N3CCC(CCN4CCN(C(=O)N5CCC(C6CCNc7c(C(N)=O)c(-c8ccc(Oc9ccccc9)cc8)nn76)CC5)CC4)CC3)ccc2C1=O. The normalized spacial score (nSPS) is 19.8. The first kappa shape index (κ1) is 44.8. The Morgan fingerprint density at radius 1 is 0.879 bits per heavy atom. The maximum absolute atomic E-state index is 13.8. The summed E-state index contributed by atoms with van der Waals surface area (Å²) in [6.45, 7) is 10.9. The Kier molecular flexibility index (Phi) is 13.6. The van der Waals surface area contributed by atoms with E-state index in [1.54, 1.807) is 0 Å². The van der Waals surface area contributed by atoms with E-state index in [4.69, 9.17) is 15.6 Å². The highest BCUT2D eigenvalue weighted by atomic mass is 16.5. The molecular weight excluding hydrogens is 837 g/mol. The van der Waals surface area contributed by atoms with Crippen LogP contribution in [0.1, 0.15) is 90.6 Å². The topological polar surface area (TPSA) is 179 Å². The number of amides is 6. The second-order valence-electron chi connectivity index (χ2n) is 18.6. The van der Waals surface area contributed by atoms with Crippen molar-refractivity contribution in [3.63, 3.8) is 0 Å². The molecule has 2 unspecified atom stereocenters. The molecule has 3 aromatic carbocycles. The van der Waals surface area contributed by atoms with E-state index in [2.05, 4.69) is 32.6 Å². The molecule has 5 aliphatic heterocycles. The van der Waals surface area contributed by atoms with E-state index in [-0.39, 0.29) is 36.3 Å². The van der Waals surface area contributed by atoms with Crippen LogP contribution in [0.2, 0.25) is 0 Å². The van der Waals surface area contributed by atoms with Crippen molar-refractivity contribution in [1.82, 2.24) is 34.7 Å². The number of ether oxygens (including phenoxy) is 1. The van der Waals surface area contributed by atoms with Crippen LogP contribution in [0.4, 0.5) is 16.3 Å². The maximum Gasteiger partial charge on any atom is 0.320 e. The predicted octanol–water partition coefficient (Wildman–Crippen LogP) is 5.95. The lowest BCUT2D eigenvalue weighted by Gasteiger charge is -2.42. The van der Waals surface area contributed by atoms with Crippen LogP contribution >= 0.6 is 0 Å². The second kappa shape index (κ2) is 20.0. The maximum atomic E-state index is 13.8. The number of piperazine rings is 1. The summed E-state index contributed by atoms with van der Waals surface area (Å²) in [5, 5.41) is 10.6. The number of nitrogens with zero attached hydrogens (tertiary/aromatic N) is 7. The van der Waals surface area contributed by atoms with E-state index in [9.17, 15) is 24.0 Å². The lowest BCUT2D eigenvalue weighted by Crippen LogP contribution is -2.54. The number of hydrogen-bond acceptors (Lipinski definition) is 10. The first-order valence-corrected chi connectivity index (χ1v) is 23.8. The lowest BCUT2D eigenvalue weighted by molar-refractivity contribution is -0.125. The van der Waals surface area contributed by atoms with Crippen molar-refractivity contribution >= 4 is 41.7 Å². The smallest absolute Gasteiger partial charge is 0.320 e. The van der Waals surface area contributed by atoms with Crippen molar-refractivity contribution in [2.75, 3.05) is 75.7 Å². The summed E-state index contributed by atoms with van der Waals surface area (Å²) < 4.78 is 7.97. The first-order chi connectivity index (χ1) is 32.1. The van der Waals surface area contributed by atoms with Crippen LogP contribution in [0.5, 0.6) is 11.5 Å². The molecule has 348 valence electrons. The van der Waals surface area contributed by atoms with Crippen molar-refractivity contribution in [3.05, 3.63) is 89.5 Å². The van der Waals surface area contributed by atoms with Crippen LogP contribution < -0.4 is 26.0 Å². The number of imide groups is 1. The minimum atomic E-state index is -0.515. The lowest BCUT2D eigenvalue weighted by atomic mass is 9.87. The van der Waals surface area contributed by atoms with Crippen LogP contribution in [-0.2, 0) is 16.1 Å². The average molecular weight is 899 g/mol. The molecule has 0 radical (unpaired) electrons. The van der Waals surface area contributed by atoms with Gasteiger partial charge in [0.25, 0.3) is 11.8 Å². The van der Waals surface area contributed by atoms with Crippen molar-refractivity contribution in [2.24, 2.45) is 17.6 Å². The number of rotatable bonds is 14. The van der Waals surface area contributed by atoms with Crippen LogP contribution in [0, 0.1) is 11.8 Å². The Bertz CT molecular complexity index is 2380. The zero-order chi connectivity index (χ0) is 45.7. The fraction of sp³-hybridized carbons (Fsp3) is 0.480. The van der Waals surface area contributed by atoms with Crippen molar-refractivity contribution in [1.29, 1.82) is 0 Å². The number of primary amides is 1. The van der Waals surface area contributed by atoms with Crippen LogP contribution in [-0.4, -0.2) is 131 Å². The highest BCUT2D eigenvalue weighted by Gasteiger charge is 2.37. The molecule has 0 bridgehead atoms. The second-order valence-corrected chi connectivity index (χ2v) is 18.6. The summed E-state index contributed by atoms with van der Waals surface area (Å²) >= 11 is 0. The number of carbonyl (C=O) groups excluding carboxylic acids is 5. The third-order valence-electron chi connectivity index (χ3n) is 14.6. The quantitative estimate of drug-likeness (QED) is 0.128. The number of para-hydroxylation sites is 1. The zero-order valence-corrected chi connectivity index (χ0v) is 37.9. The molecule has 6 amide bonds. The van der Waals surface area contributed by atoms with Gasteiger partial charge in [0, 0.05) is 94.7 Å². The number of anilines is 2. The number of piperidine rings is 2. The summed E-state index contributed by atoms with van der Waals surface area (Å²) in [7, 11) is 0. The van der Waals surface area contributed by atoms with Gasteiger partial charge in [-0.1, -0.05) is 18.2 Å². The number of urea groups is 1. The van der Waals surface area contributed by atoms with Gasteiger partial charge >= 0.3 is 6.03 Å². The molecule has 6 heterocycles. The summed E-state index contributed by atoms with van der Waals surface area (Å²) in [6, 6.07) is 23.5. The van der Waals surface area contributed by atoms with Gasteiger partial charge in [-0.25, -0.2) is 9.48 Å². The van der Waals surface area contributed by atoms with E-state index >= 15 is 0 Å². The van der Waals surface area contributed by atoms with Gasteiger partial charge < -0.3 is 35.4 Å². The minimum absolute atomic E-state index is 0.00115. The summed E-state index contributed by atoms with van der Waals surface area (Å²) in [5.41, 5.74) is 10.7. The number of carbonyl (C=O) groups is 5. The average Bonchev–Trinajstić information content (AvgIpc) is 3.91. The fourth-order valence-electron chi connectivity index (χ4n) is 10.7. The van der Waals surface area contributed by atoms with E-state index < -0.39 is 5.91 Å². The highest BCUT2D eigenvalue weighted by molar-refractivity contribution is 6.04.